The number of rotatable bonds is 1. The molecule has 1 radical (unpaired) electrons. The molecule has 1 saturated heterocycles. The van der Waals surface area contributed by atoms with Gasteiger partial charge in [-0.25, -0.2) is 4.79 Å². The number of carboxylic acids is 1. The number of carbonyl (C=O) groups excluding carboxylic acids is 1. The van der Waals surface area contributed by atoms with Crippen molar-refractivity contribution in [1.29, 1.82) is 0 Å². The summed E-state index contributed by atoms with van der Waals surface area (Å²) in [5.41, 5.74) is 0. The fourth-order valence-electron chi connectivity index (χ4n) is 0.799. The Morgan fingerprint density at radius 2 is 2.30 bits per heavy atom. The van der Waals surface area contributed by atoms with Gasteiger partial charge in [-0.15, -0.1) is 0 Å². The van der Waals surface area contributed by atoms with Crippen LogP contribution in [0.2, 0.25) is 0 Å². The number of carboxylic acid groups (broad SMARTS) is 1. The molecular formula is C5H7CsNO3. The topological polar surface area (TPSA) is 66.4 Å². The first-order valence-corrected chi connectivity index (χ1v) is 2.72. The molecule has 1 heterocycles. The maximum atomic E-state index is 10.4. The minimum absolute atomic E-state index is 0. The van der Waals surface area contributed by atoms with E-state index in [9.17, 15) is 9.59 Å². The first-order valence-electron chi connectivity index (χ1n) is 2.72. The summed E-state index contributed by atoms with van der Waals surface area (Å²) in [5.74, 6) is -1.11. The van der Waals surface area contributed by atoms with E-state index in [1.165, 1.54) is 0 Å². The molecule has 1 unspecified atom stereocenters. The zero-order valence-electron chi connectivity index (χ0n) is 5.76. The Balaban J connectivity index is 0.000000810. The molecule has 1 atom stereocenters. The predicted octanol–water partition coefficient (Wildman–Crippen LogP) is -1.03. The Labute approximate surface area is 117 Å². The van der Waals surface area contributed by atoms with E-state index in [1.807, 2.05) is 0 Å². The van der Waals surface area contributed by atoms with E-state index in [4.69, 9.17) is 5.11 Å². The van der Waals surface area contributed by atoms with Crippen LogP contribution in [0.4, 0.5) is 0 Å². The summed E-state index contributed by atoms with van der Waals surface area (Å²) in [6, 6.07) is -0.641. The van der Waals surface area contributed by atoms with Crippen LogP contribution in [-0.4, -0.2) is 91.9 Å². The number of aliphatic carboxylic acids is 1. The van der Waals surface area contributed by atoms with Gasteiger partial charge in [0.2, 0.25) is 5.91 Å². The summed E-state index contributed by atoms with van der Waals surface area (Å²) in [4.78, 5) is 20.5. The standard InChI is InChI=1S/C5H7NO3.Cs/c7-4-2-1-3(6-4)5(8)9;/h3H,1-2H2,(H,6,7)(H,8,9);. The summed E-state index contributed by atoms with van der Waals surface area (Å²) in [6.07, 6.45) is 0.769. The first-order chi connectivity index (χ1) is 4.20. The molecule has 1 aliphatic rings. The van der Waals surface area contributed by atoms with Gasteiger partial charge < -0.3 is 10.4 Å². The Hall–Kier alpha value is 0.992. The molecule has 5 heteroatoms. The van der Waals surface area contributed by atoms with Crippen LogP contribution in [0, 0.1) is 0 Å². The molecule has 1 amide bonds. The largest absolute Gasteiger partial charge is 0.480 e. The van der Waals surface area contributed by atoms with E-state index < -0.39 is 12.0 Å². The van der Waals surface area contributed by atoms with Crippen molar-refractivity contribution in [2.24, 2.45) is 0 Å². The van der Waals surface area contributed by atoms with E-state index in [2.05, 4.69) is 5.32 Å². The maximum Gasteiger partial charge on any atom is 0.326 e. The molecule has 1 aliphatic heterocycles. The van der Waals surface area contributed by atoms with E-state index in [-0.39, 0.29) is 74.8 Å². The first kappa shape index (κ1) is 11.0. The van der Waals surface area contributed by atoms with Gasteiger partial charge in [0.05, 0.1) is 0 Å². The van der Waals surface area contributed by atoms with E-state index in [0.717, 1.165) is 0 Å². The van der Waals surface area contributed by atoms with Crippen LogP contribution >= 0.6 is 0 Å². The molecule has 10 heavy (non-hydrogen) atoms. The Morgan fingerprint density at radius 3 is 2.50 bits per heavy atom. The van der Waals surface area contributed by atoms with E-state index in [1.54, 1.807) is 0 Å². The number of hydrogen-bond donors (Lipinski definition) is 2. The van der Waals surface area contributed by atoms with Crippen molar-refractivity contribution in [2.45, 2.75) is 18.9 Å². The minimum atomic E-state index is -0.944. The van der Waals surface area contributed by atoms with Crippen molar-refractivity contribution in [3.05, 3.63) is 0 Å². The van der Waals surface area contributed by atoms with Crippen LogP contribution in [0.15, 0.2) is 0 Å². The Kier molecular flexibility index (Phi) is 5.26. The zero-order valence-corrected chi connectivity index (χ0v) is 12.0. The van der Waals surface area contributed by atoms with Gasteiger partial charge in [0.25, 0.3) is 0 Å². The van der Waals surface area contributed by atoms with Crippen molar-refractivity contribution >= 4 is 80.8 Å². The van der Waals surface area contributed by atoms with Crippen molar-refractivity contribution in [2.75, 3.05) is 0 Å². The molecular weight excluding hydrogens is 255 g/mol. The SMILES string of the molecule is O=C1CCC(C(=O)O)N1.[Cs]. The minimum Gasteiger partial charge on any atom is -0.480 e. The smallest absolute Gasteiger partial charge is 0.326 e. The second kappa shape index (κ2) is 4.79. The number of amides is 1. The van der Waals surface area contributed by atoms with Crippen LogP contribution < -0.4 is 5.32 Å². The van der Waals surface area contributed by atoms with Crippen LogP contribution in [0.25, 0.3) is 0 Å². The normalized spacial score (nSPS) is 23.2. The van der Waals surface area contributed by atoms with Gasteiger partial charge in [-0.3, -0.25) is 4.79 Å². The van der Waals surface area contributed by atoms with Crippen LogP contribution in [0.3, 0.4) is 0 Å². The van der Waals surface area contributed by atoms with Crippen molar-refractivity contribution in [1.82, 2.24) is 5.32 Å². The van der Waals surface area contributed by atoms with E-state index in [0.29, 0.717) is 12.8 Å². The average molecular weight is 262 g/mol. The summed E-state index contributed by atoms with van der Waals surface area (Å²) in [7, 11) is 0. The summed E-state index contributed by atoms with van der Waals surface area (Å²) < 4.78 is 0. The molecule has 0 aromatic carbocycles. The molecule has 0 spiro atoms. The second-order valence-corrected chi connectivity index (χ2v) is 2.00. The quantitative estimate of drug-likeness (QED) is 0.635. The van der Waals surface area contributed by atoms with E-state index >= 15 is 0 Å². The van der Waals surface area contributed by atoms with Crippen molar-refractivity contribution < 1.29 is 14.7 Å². The molecule has 0 aromatic rings. The van der Waals surface area contributed by atoms with Crippen LogP contribution in [0.1, 0.15) is 12.8 Å². The second-order valence-electron chi connectivity index (χ2n) is 2.00. The molecule has 0 aromatic heterocycles. The third kappa shape index (κ3) is 2.93. The summed E-state index contributed by atoms with van der Waals surface area (Å²) in [5, 5.41) is 10.6. The van der Waals surface area contributed by atoms with Gasteiger partial charge in [-0.2, -0.15) is 0 Å². The Bertz CT molecular complexity index is 159. The monoisotopic (exact) mass is 262 g/mol. The van der Waals surface area contributed by atoms with Crippen LogP contribution in [0.5, 0.6) is 0 Å². The van der Waals surface area contributed by atoms with Crippen LogP contribution in [-0.2, 0) is 9.59 Å². The van der Waals surface area contributed by atoms with Gasteiger partial charge in [0.1, 0.15) is 6.04 Å². The van der Waals surface area contributed by atoms with Gasteiger partial charge in [0.15, 0.2) is 0 Å². The fraction of sp³-hybridized carbons (Fsp3) is 0.600. The van der Waals surface area contributed by atoms with Gasteiger partial charge in [0, 0.05) is 75.3 Å². The average Bonchev–Trinajstić information content (AvgIpc) is 2.14. The predicted molar refractivity (Wildman–Crippen MR) is 34.6 cm³/mol. The maximum absolute atomic E-state index is 10.4. The molecule has 0 saturated carbocycles. The summed E-state index contributed by atoms with van der Waals surface area (Å²) in [6.45, 7) is 0. The third-order valence-electron chi connectivity index (χ3n) is 1.29. The number of carbonyl (C=O) groups is 2. The van der Waals surface area contributed by atoms with Gasteiger partial charge in [-0.1, -0.05) is 0 Å². The third-order valence-corrected chi connectivity index (χ3v) is 1.29. The summed E-state index contributed by atoms with van der Waals surface area (Å²) >= 11 is 0. The number of hydrogen-bond acceptors (Lipinski definition) is 2. The molecule has 0 aliphatic carbocycles. The molecule has 0 bridgehead atoms. The fourth-order valence-corrected chi connectivity index (χ4v) is 0.799. The molecule has 4 nitrogen and oxygen atoms in total. The molecule has 1 rings (SSSR count). The molecule has 2 N–H and O–H groups in total. The number of nitrogens with one attached hydrogen (secondary N) is 1. The molecule has 1 fully saturated rings. The zero-order chi connectivity index (χ0) is 6.85. The Morgan fingerprint density at radius 1 is 1.70 bits per heavy atom. The van der Waals surface area contributed by atoms with Gasteiger partial charge in [-0.05, 0) is 6.42 Å². The molecule has 51 valence electrons. The van der Waals surface area contributed by atoms with Crippen molar-refractivity contribution in [3.8, 4) is 0 Å². The van der Waals surface area contributed by atoms with Gasteiger partial charge >= 0.3 is 5.97 Å². The van der Waals surface area contributed by atoms with Crippen molar-refractivity contribution in [3.63, 3.8) is 0 Å².